The van der Waals surface area contributed by atoms with E-state index in [2.05, 4.69) is 37.5 Å². The molecule has 0 aromatic heterocycles. The first-order valence-corrected chi connectivity index (χ1v) is 10.1. The van der Waals surface area contributed by atoms with Gasteiger partial charge in [-0.05, 0) is 55.7 Å². The highest BCUT2D eigenvalue weighted by atomic mass is 19.1. The molecule has 2 aliphatic rings. The summed E-state index contributed by atoms with van der Waals surface area (Å²) >= 11 is 0. The van der Waals surface area contributed by atoms with Gasteiger partial charge in [-0.15, -0.1) is 0 Å². The van der Waals surface area contributed by atoms with Gasteiger partial charge in [0.25, 0.3) is 0 Å². The fraction of sp³-hybridized carbons (Fsp3) is 0.682. The summed E-state index contributed by atoms with van der Waals surface area (Å²) in [7, 11) is 0. The topological polar surface area (TPSA) is 23.6 Å². The van der Waals surface area contributed by atoms with E-state index < -0.39 is 0 Å². The molecule has 1 aromatic rings. The molecule has 3 rings (SSSR count). The lowest BCUT2D eigenvalue weighted by molar-refractivity contribution is -0.134. The van der Waals surface area contributed by atoms with Gasteiger partial charge in [-0.2, -0.15) is 0 Å². The molecule has 0 saturated carbocycles. The monoisotopic (exact) mass is 360 g/mol. The molecular formula is C22H33FN2O. The van der Waals surface area contributed by atoms with Gasteiger partial charge in [-0.3, -0.25) is 9.69 Å². The van der Waals surface area contributed by atoms with Crippen molar-refractivity contribution < 1.29 is 9.18 Å². The van der Waals surface area contributed by atoms with E-state index in [-0.39, 0.29) is 11.2 Å². The Bertz CT molecular complexity index is 618. The first kappa shape index (κ1) is 19.3. The Balaban J connectivity index is 1.77. The van der Waals surface area contributed by atoms with Crippen molar-refractivity contribution >= 4 is 5.91 Å². The summed E-state index contributed by atoms with van der Waals surface area (Å²) in [5.41, 5.74) is 1.45. The number of hydrogen-bond acceptors (Lipinski definition) is 2. The summed E-state index contributed by atoms with van der Waals surface area (Å²) < 4.78 is 13.4. The zero-order valence-electron chi connectivity index (χ0n) is 16.7. The number of nitrogens with zero attached hydrogens (tertiary/aromatic N) is 2. The first-order chi connectivity index (χ1) is 12.3. The van der Waals surface area contributed by atoms with Crippen LogP contribution in [0.25, 0.3) is 0 Å². The number of benzene rings is 1. The molecule has 1 atom stereocenters. The molecule has 2 heterocycles. The molecule has 4 heteroatoms. The highest BCUT2D eigenvalue weighted by Gasteiger charge is 2.49. The lowest BCUT2D eigenvalue weighted by Crippen LogP contribution is -2.46. The fourth-order valence-electron chi connectivity index (χ4n) is 4.74. The Kier molecular flexibility index (Phi) is 5.71. The molecule has 144 valence electrons. The highest BCUT2D eigenvalue weighted by molar-refractivity contribution is 5.76. The first-order valence-electron chi connectivity index (χ1n) is 10.1. The van der Waals surface area contributed by atoms with Gasteiger partial charge in [0, 0.05) is 44.6 Å². The van der Waals surface area contributed by atoms with Crippen LogP contribution in [-0.2, 0) is 4.79 Å². The maximum atomic E-state index is 13.4. The number of carbonyl (C=O) groups excluding carboxylic acids is 1. The Hall–Kier alpha value is -1.42. The highest BCUT2D eigenvalue weighted by Crippen LogP contribution is 2.50. The second kappa shape index (κ2) is 7.67. The van der Waals surface area contributed by atoms with Crippen molar-refractivity contribution in [3.8, 4) is 0 Å². The molecule has 26 heavy (non-hydrogen) atoms. The van der Waals surface area contributed by atoms with Crippen LogP contribution in [0.3, 0.4) is 0 Å². The summed E-state index contributed by atoms with van der Waals surface area (Å²) in [6.07, 6.45) is 2.73. The van der Waals surface area contributed by atoms with E-state index in [0.717, 1.165) is 39.0 Å². The quantitative estimate of drug-likeness (QED) is 0.800. The third kappa shape index (κ3) is 3.95. The minimum Gasteiger partial charge on any atom is -0.343 e. The smallest absolute Gasteiger partial charge is 0.222 e. The molecular weight excluding hydrogens is 327 g/mol. The van der Waals surface area contributed by atoms with Crippen LogP contribution in [0.15, 0.2) is 24.3 Å². The molecule has 0 N–H and O–H groups in total. The van der Waals surface area contributed by atoms with E-state index >= 15 is 0 Å². The van der Waals surface area contributed by atoms with Crippen molar-refractivity contribution in [1.82, 2.24) is 9.80 Å². The van der Waals surface area contributed by atoms with Gasteiger partial charge >= 0.3 is 0 Å². The zero-order valence-corrected chi connectivity index (χ0v) is 16.7. The SMILES string of the molecule is CC(C)CC(=O)N1CCC2(CC1)CN(C(C)C)CC2c1ccc(F)cc1. The van der Waals surface area contributed by atoms with Gasteiger partial charge in [-0.25, -0.2) is 4.39 Å². The lowest BCUT2D eigenvalue weighted by atomic mass is 9.68. The van der Waals surface area contributed by atoms with E-state index in [0.29, 0.717) is 30.2 Å². The van der Waals surface area contributed by atoms with E-state index in [1.54, 1.807) is 12.1 Å². The molecule has 1 spiro atoms. The number of amides is 1. The number of hydrogen-bond donors (Lipinski definition) is 0. The number of halogens is 1. The molecule has 0 bridgehead atoms. The molecule has 1 unspecified atom stereocenters. The van der Waals surface area contributed by atoms with Crippen LogP contribution in [-0.4, -0.2) is 47.9 Å². The lowest BCUT2D eigenvalue weighted by Gasteiger charge is -2.43. The summed E-state index contributed by atoms with van der Waals surface area (Å²) in [4.78, 5) is 17.1. The Morgan fingerprint density at radius 1 is 1.15 bits per heavy atom. The molecule has 1 aromatic carbocycles. The summed E-state index contributed by atoms with van der Waals surface area (Å²) in [6, 6.07) is 7.60. The second-order valence-electron chi connectivity index (χ2n) is 8.97. The van der Waals surface area contributed by atoms with Crippen molar-refractivity contribution in [2.24, 2.45) is 11.3 Å². The van der Waals surface area contributed by atoms with Crippen LogP contribution in [0.2, 0.25) is 0 Å². The van der Waals surface area contributed by atoms with Crippen molar-refractivity contribution in [3.63, 3.8) is 0 Å². The van der Waals surface area contributed by atoms with Gasteiger partial charge < -0.3 is 4.90 Å². The maximum absolute atomic E-state index is 13.4. The molecule has 3 nitrogen and oxygen atoms in total. The number of likely N-dealkylation sites (tertiary alicyclic amines) is 2. The fourth-order valence-corrected chi connectivity index (χ4v) is 4.74. The van der Waals surface area contributed by atoms with Crippen molar-refractivity contribution in [1.29, 1.82) is 0 Å². The average Bonchev–Trinajstić information content (AvgIpc) is 2.95. The van der Waals surface area contributed by atoms with Gasteiger partial charge in [-0.1, -0.05) is 26.0 Å². The van der Waals surface area contributed by atoms with Gasteiger partial charge in [0.15, 0.2) is 0 Å². The van der Waals surface area contributed by atoms with Crippen LogP contribution in [0.5, 0.6) is 0 Å². The predicted molar refractivity (Wildman–Crippen MR) is 104 cm³/mol. The van der Waals surface area contributed by atoms with Crippen molar-refractivity contribution in [3.05, 3.63) is 35.6 Å². The molecule has 0 aliphatic carbocycles. The van der Waals surface area contributed by atoms with Gasteiger partial charge in [0.2, 0.25) is 5.91 Å². The summed E-state index contributed by atoms with van der Waals surface area (Å²) in [6.45, 7) is 12.5. The van der Waals surface area contributed by atoms with E-state index in [9.17, 15) is 9.18 Å². The number of rotatable bonds is 4. The van der Waals surface area contributed by atoms with Crippen LogP contribution >= 0.6 is 0 Å². The molecule has 2 saturated heterocycles. The normalized spacial score (nSPS) is 23.3. The van der Waals surface area contributed by atoms with Crippen LogP contribution in [0, 0.1) is 17.2 Å². The van der Waals surface area contributed by atoms with E-state index in [1.807, 2.05) is 12.1 Å². The van der Waals surface area contributed by atoms with Gasteiger partial charge in [0.1, 0.15) is 5.82 Å². The summed E-state index contributed by atoms with van der Waals surface area (Å²) in [5, 5.41) is 0. The predicted octanol–water partition coefficient (Wildman–Crippen LogP) is 4.29. The van der Waals surface area contributed by atoms with E-state index in [1.165, 1.54) is 5.56 Å². The van der Waals surface area contributed by atoms with Gasteiger partial charge in [0.05, 0.1) is 0 Å². The van der Waals surface area contributed by atoms with Crippen LogP contribution in [0.4, 0.5) is 4.39 Å². The van der Waals surface area contributed by atoms with Crippen molar-refractivity contribution in [2.45, 2.75) is 58.9 Å². The van der Waals surface area contributed by atoms with Crippen molar-refractivity contribution in [2.75, 3.05) is 26.2 Å². The second-order valence-corrected chi connectivity index (χ2v) is 8.97. The Labute approximate surface area is 157 Å². The van der Waals surface area contributed by atoms with Crippen LogP contribution < -0.4 is 0 Å². The molecule has 0 radical (unpaired) electrons. The molecule has 1 amide bonds. The summed E-state index contributed by atoms with van der Waals surface area (Å²) in [5.74, 6) is 0.962. The minimum absolute atomic E-state index is 0.171. The van der Waals surface area contributed by atoms with E-state index in [4.69, 9.17) is 0 Å². The Morgan fingerprint density at radius 3 is 2.31 bits per heavy atom. The average molecular weight is 361 g/mol. The maximum Gasteiger partial charge on any atom is 0.222 e. The Morgan fingerprint density at radius 2 is 1.77 bits per heavy atom. The number of carbonyl (C=O) groups is 1. The third-order valence-corrected chi connectivity index (χ3v) is 6.37. The molecule has 2 fully saturated rings. The largest absolute Gasteiger partial charge is 0.343 e. The minimum atomic E-state index is -0.171. The third-order valence-electron chi connectivity index (χ3n) is 6.37. The zero-order chi connectivity index (χ0) is 18.9. The number of piperidine rings is 1. The van der Waals surface area contributed by atoms with Crippen LogP contribution in [0.1, 0.15) is 58.4 Å². The molecule has 2 aliphatic heterocycles. The standard InChI is InChI=1S/C22H33FN2O/c1-16(2)13-21(26)24-11-9-22(10-12-24)15-25(17(3)4)14-20(22)18-5-7-19(23)8-6-18/h5-8,16-17,20H,9-15H2,1-4H3.